The summed E-state index contributed by atoms with van der Waals surface area (Å²) in [5, 5.41) is 15.1. The molecule has 1 aromatic carbocycles. The summed E-state index contributed by atoms with van der Waals surface area (Å²) in [6.45, 7) is 7.18. The molecule has 21 heavy (non-hydrogen) atoms. The molecular formula is C16H18N4S. The molecule has 0 saturated carbocycles. The number of pyridine rings is 1. The number of aromatic nitrogens is 3. The first-order chi connectivity index (χ1) is 10.0. The molecule has 0 unspecified atom stereocenters. The molecule has 3 rings (SSSR count). The summed E-state index contributed by atoms with van der Waals surface area (Å²) >= 11 is 1.63. The lowest BCUT2D eigenvalue weighted by Gasteiger charge is -2.19. The average molecular weight is 298 g/mol. The topological polar surface area (TPSA) is 50.7 Å². The standard InChI is InChI=1S/C16H18N4S/c1-16(2,3)18-10-14-19-20-15(21-14)12-6-7-13-11(9-12)5-4-8-17-13/h4-9,18H,10H2,1-3H3. The highest BCUT2D eigenvalue weighted by Gasteiger charge is 2.12. The Balaban J connectivity index is 1.84. The molecule has 2 heterocycles. The third kappa shape index (κ3) is 3.43. The molecule has 0 bridgehead atoms. The fourth-order valence-electron chi connectivity index (χ4n) is 1.99. The van der Waals surface area contributed by atoms with Crippen LogP contribution in [0, 0.1) is 0 Å². The van der Waals surface area contributed by atoms with Crippen molar-refractivity contribution in [2.75, 3.05) is 0 Å². The Bertz CT molecular complexity index is 758. The van der Waals surface area contributed by atoms with Gasteiger partial charge < -0.3 is 5.32 Å². The Morgan fingerprint density at radius 2 is 2.00 bits per heavy atom. The molecule has 108 valence electrons. The van der Waals surface area contributed by atoms with Crippen molar-refractivity contribution in [1.29, 1.82) is 0 Å². The van der Waals surface area contributed by atoms with Gasteiger partial charge in [0.05, 0.1) is 12.1 Å². The molecule has 4 nitrogen and oxygen atoms in total. The second-order valence-electron chi connectivity index (χ2n) is 6.02. The van der Waals surface area contributed by atoms with Gasteiger partial charge in [-0.05, 0) is 45.0 Å². The summed E-state index contributed by atoms with van der Waals surface area (Å²) in [5.41, 5.74) is 2.18. The van der Waals surface area contributed by atoms with E-state index in [1.807, 2.05) is 18.3 Å². The molecule has 0 amide bonds. The number of hydrogen-bond acceptors (Lipinski definition) is 5. The van der Waals surface area contributed by atoms with E-state index in [0.717, 1.165) is 33.0 Å². The van der Waals surface area contributed by atoms with Crippen molar-refractivity contribution in [2.24, 2.45) is 0 Å². The monoisotopic (exact) mass is 298 g/mol. The van der Waals surface area contributed by atoms with E-state index in [9.17, 15) is 0 Å². The van der Waals surface area contributed by atoms with Crippen LogP contribution in [0.15, 0.2) is 36.5 Å². The van der Waals surface area contributed by atoms with Gasteiger partial charge in [0.2, 0.25) is 0 Å². The van der Waals surface area contributed by atoms with Gasteiger partial charge in [0.15, 0.2) is 0 Å². The van der Waals surface area contributed by atoms with E-state index in [1.165, 1.54) is 0 Å². The average Bonchev–Trinajstić information content (AvgIpc) is 2.93. The molecule has 0 aliphatic rings. The summed E-state index contributed by atoms with van der Waals surface area (Å²) in [4.78, 5) is 4.34. The zero-order valence-electron chi connectivity index (χ0n) is 12.4. The number of nitrogens with zero attached hydrogens (tertiary/aromatic N) is 3. The first-order valence-corrected chi connectivity index (χ1v) is 7.75. The van der Waals surface area contributed by atoms with Crippen LogP contribution in [0.2, 0.25) is 0 Å². The van der Waals surface area contributed by atoms with Crippen LogP contribution in [0.3, 0.4) is 0 Å². The van der Waals surface area contributed by atoms with E-state index in [0.29, 0.717) is 0 Å². The van der Waals surface area contributed by atoms with Crippen molar-refractivity contribution >= 4 is 22.2 Å². The maximum absolute atomic E-state index is 4.34. The maximum atomic E-state index is 4.34. The molecule has 0 aliphatic heterocycles. The van der Waals surface area contributed by atoms with Gasteiger partial charge in [0.1, 0.15) is 10.0 Å². The van der Waals surface area contributed by atoms with Gasteiger partial charge in [-0.2, -0.15) is 0 Å². The van der Waals surface area contributed by atoms with Gasteiger partial charge in [-0.3, -0.25) is 4.98 Å². The van der Waals surface area contributed by atoms with Gasteiger partial charge >= 0.3 is 0 Å². The molecule has 0 aliphatic carbocycles. The van der Waals surface area contributed by atoms with Gasteiger partial charge in [-0.1, -0.05) is 17.4 Å². The van der Waals surface area contributed by atoms with Crippen molar-refractivity contribution in [3.05, 3.63) is 41.5 Å². The number of fused-ring (bicyclic) bond motifs is 1. The fourth-order valence-corrected chi connectivity index (χ4v) is 2.77. The van der Waals surface area contributed by atoms with Crippen LogP contribution >= 0.6 is 11.3 Å². The lowest BCUT2D eigenvalue weighted by atomic mass is 10.1. The van der Waals surface area contributed by atoms with Gasteiger partial charge in [-0.15, -0.1) is 10.2 Å². The first kappa shape index (κ1) is 14.1. The van der Waals surface area contributed by atoms with Crippen LogP contribution in [-0.4, -0.2) is 20.7 Å². The molecule has 3 aromatic rings. The molecule has 1 N–H and O–H groups in total. The van der Waals surface area contributed by atoms with E-state index in [-0.39, 0.29) is 5.54 Å². The SMILES string of the molecule is CC(C)(C)NCc1nnc(-c2ccc3ncccc3c2)s1. The van der Waals surface area contributed by atoms with E-state index in [1.54, 1.807) is 11.3 Å². The quantitative estimate of drug-likeness (QED) is 0.802. The normalized spacial score (nSPS) is 12.0. The second kappa shape index (κ2) is 5.50. The van der Waals surface area contributed by atoms with E-state index < -0.39 is 0 Å². The summed E-state index contributed by atoms with van der Waals surface area (Å²) in [6, 6.07) is 10.2. The van der Waals surface area contributed by atoms with Crippen LogP contribution in [0.25, 0.3) is 21.5 Å². The van der Waals surface area contributed by atoms with E-state index in [4.69, 9.17) is 0 Å². The third-order valence-electron chi connectivity index (χ3n) is 3.09. The van der Waals surface area contributed by atoms with E-state index in [2.05, 4.69) is 59.5 Å². The Morgan fingerprint density at radius 3 is 2.81 bits per heavy atom. The van der Waals surface area contributed by atoms with E-state index >= 15 is 0 Å². The van der Waals surface area contributed by atoms with Crippen LogP contribution < -0.4 is 5.32 Å². The number of nitrogens with one attached hydrogen (secondary N) is 1. The molecule has 2 aromatic heterocycles. The predicted octanol–water partition coefficient (Wildman–Crippen LogP) is 3.64. The predicted molar refractivity (Wildman–Crippen MR) is 87.2 cm³/mol. The molecule has 0 radical (unpaired) electrons. The minimum atomic E-state index is 0.0838. The molecule has 0 saturated heterocycles. The highest BCUT2D eigenvalue weighted by Crippen LogP contribution is 2.26. The fraction of sp³-hybridized carbons (Fsp3) is 0.312. The van der Waals surface area contributed by atoms with Crippen LogP contribution in [0.4, 0.5) is 0 Å². The maximum Gasteiger partial charge on any atom is 0.147 e. The Labute approximate surface area is 128 Å². The summed E-state index contributed by atoms with van der Waals surface area (Å²) < 4.78 is 0. The highest BCUT2D eigenvalue weighted by atomic mass is 32.1. The Hall–Kier alpha value is -1.85. The lowest BCUT2D eigenvalue weighted by molar-refractivity contribution is 0.423. The van der Waals surface area contributed by atoms with Gasteiger partial charge in [0.25, 0.3) is 0 Å². The zero-order valence-corrected chi connectivity index (χ0v) is 13.2. The van der Waals surface area contributed by atoms with Crippen molar-refractivity contribution in [1.82, 2.24) is 20.5 Å². The lowest BCUT2D eigenvalue weighted by Crippen LogP contribution is -2.35. The molecule has 5 heteroatoms. The van der Waals surface area contributed by atoms with Crippen molar-refractivity contribution in [3.8, 4) is 10.6 Å². The molecular weight excluding hydrogens is 280 g/mol. The van der Waals surface area contributed by atoms with Crippen molar-refractivity contribution in [3.63, 3.8) is 0 Å². The minimum Gasteiger partial charge on any atom is -0.306 e. The van der Waals surface area contributed by atoms with Crippen LogP contribution in [-0.2, 0) is 6.54 Å². The minimum absolute atomic E-state index is 0.0838. The summed E-state index contributed by atoms with van der Waals surface area (Å²) in [6.07, 6.45) is 1.81. The Kier molecular flexibility index (Phi) is 3.69. The van der Waals surface area contributed by atoms with Crippen molar-refractivity contribution in [2.45, 2.75) is 32.9 Å². The third-order valence-corrected chi connectivity index (χ3v) is 4.06. The highest BCUT2D eigenvalue weighted by molar-refractivity contribution is 7.14. The number of hydrogen-bond donors (Lipinski definition) is 1. The Morgan fingerprint density at radius 1 is 1.14 bits per heavy atom. The smallest absolute Gasteiger partial charge is 0.147 e. The largest absolute Gasteiger partial charge is 0.306 e. The molecule has 0 spiro atoms. The van der Waals surface area contributed by atoms with Crippen LogP contribution in [0.1, 0.15) is 25.8 Å². The second-order valence-corrected chi connectivity index (χ2v) is 7.08. The summed E-state index contributed by atoms with van der Waals surface area (Å²) in [7, 11) is 0. The van der Waals surface area contributed by atoms with Gasteiger partial charge in [-0.25, -0.2) is 0 Å². The number of rotatable bonds is 3. The number of benzene rings is 1. The molecule has 0 fully saturated rings. The van der Waals surface area contributed by atoms with Gasteiger partial charge in [0, 0.05) is 22.7 Å². The van der Waals surface area contributed by atoms with Crippen LogP contribution in [0.5, 0.6) is 0 Å². The first-order valence-electron chi connectivity index (χ1n) is 6.94. The van der Waals surface area contributed by atoms with Crippen molar-refractivity contribution < 1.29 is 0 Å². The summed E-state index contributed by atoms with van der Waals surface area (Å²) in [5.74, 6) is 0. The zero-order chi connectivity index (χ0) is 14.9. The molecule has 0 atom stereocenters.